The number of carbonyl (C=O) groups is 1. The lowest BCUT2D eigenvalue weighted by Crippen LogP contribution is -1.98. The van der Waals surface area contributed by atoms with E-state index in [-0.39, 0.29) is 5.78 Å². The number of ketones is 1. The summed E-state index contributed by atoms with van der Waals surface area (Å²) in [5, 5.41) is 4.63. The van der Waals surface area contributed by atoms with Gasteiger partial charge >= 0.3 is 0 Å². The van der Waals surface area contributed by atoms with Crippen molar-refractivity contribution in [2.75, 3.05) is 0 Å². The molecule has 0 aliphatic heterocycles. The number of rotatable bonds is 2. The van der Waals surface area contributed by atoms with Crippen molar-refractivity contribution in [3.05, 3.63) is 38.5 Å². The molecule has 0 saturated carbocycles. The molecule has 0 aliphatic carbocycles. The van der Waals surface area contributed by atoms with Gasteiger partial charge in [0.1, 0.15) is 5.69 Å². The van der Waals surface area contributed by atoms with Crippen molar-refractivity contribution in [2.45, 2.75) is 6.92 Å². The highest BCUT2D eigenvalue weighted by Gasteiger charge is 2.12. The van der Waals surface area contributed by atoms with Crippen LogP contribution in [0.15, 0.2) is 22.9 Å². The number of aryl methyl sites for hydroxylation is 1. The van der Waals surface area contributed by atoms with Crippen LogP contribution in [0.4, 0.5) is 0 Å². The average Bonchev–Trinajstić information content (AvgIpc) is 2.72. The number of hydrogen-bond acceptors (Lipinski definition) is 4. The van der Waals surface area contributed by atoms with Gasteiger partial charge < -0.3 is 0 Å². The largest absolute Gasteiger partial charge is 0.286 e. The van der Waals surface area contributed by atoms with Gasteiger partial charge in [0, 0.05) is 5.38 Å². The highest BCUT2D eigenvalue weighted by atomic mass is 32.1. The SMILES string of the molecule is Cc1nc(C(=O)c2cccs2)cs1. The van der Waals surface area contributed by atoms with Gasteiger partial charge in [0.05, 0.1) is 9.88 Å². The molecule has 0 atom stereocenters. The molecule has 2 aromatic rings. The molecule has 0 fully saturated rings. The Morgan fingerprint density at radius 1 is 1.46 bits per heavy atom. The molecule has 2 heterocycles. The van der Waals surface area contributed by atoms with Crippen LogP contribution < -0.4 is 0 Å². The maximum Gasteiger partial charge on any atom is 0.222 e. The molecule has 0 N–H and O–H groups in total. The Morgan fingerprint density at radius 2 is 2.31 bits per heavy atom. The summed E-state index contributed by atoms with van der Waals surface area (Å²) in [7, 11) is 0. The third kappa shape index (κ3) is 1.68. The van der Waals surface area contributed by atoms with Crippen molar-refractivity contribution in [1.29, 1.82) is 0 Å². The van der Waals surface area contributed by atoms with Gasteiger partial charge in [0.25, 0.3) is 0 Å². The first kappa shape index (κ1) is 8.59. The van der Waals surface area contributed by atoms with Crippen molar-refractivity contribution in [1.82, 2.24) is 4.98 Å². The van der Waals surface area contributed by atoms with Gasteiger partial charge in [0.15, 0.2) is 0 Å². The number of aromatic nitrogens is 1. The summed E-state index contributed by atoms with van der Waals surface area (Å²) < 4.78 is 0. The van der Waals surface area contributed by atoms with Crippen molar-refractivity contribution in [3.63, 3.8) is 0 Å². The van der Waals surface area contributed by atoms with Crippen LogP contribution in [0.25, 0.3) is 0 Å². The molecular formula is C9H7NOS2. The van der Waals surface area contributed by atoms with Gasteiger partial charge in [-0.3, -0.25) is 4.79 Å². The molecule has 2 aromatic heterocycles. The molecule has 66 valence electrons. The van der Waals surface area contributed by atoms with E-state index >= 15 is 0 Å². The predicted molar refractivity (Wildman–Crippen MR) is 54.6 cm³/mol. The zero-order valence-corrected chi connectivity index (χ0v) is 8.61. The first-order valence-electron chi connectivity index (χ1n) is 3.78. The molecule has 2 nitrogen and oxygen atoms in total. The summed E-state index contributed by atoms with van der Waals surface area (Å²) in [6.45, 7) is 1.90. The molecule has 0 aliphatic rings. The van der Waals surface area contributed by atoms with Crippen molar-refractivity contribution < 1.29 is 4.79 Å². The molecule has 0 radical (unpaired) electrons. The van der Waals surface area contributed by atoms with Crippen LogP contribution >= 0.6 is 22.7 Å². The summed E-state index contributed by atoms with van der Waals surface area (Å²) in [6, 6.07) is 3.69. The standard InChI is InChI=1S/C9H7NOS2/c1-6-10-7(5-13-6)9(11)8-3-2-4-12-8/h2-5H,1H3. The molecule has 4 heteroatoms. The molecule has 0 spiro atoms. The van der Waals surface area contributed by atoms with Crippen LogP contribution in [0.5, 0.6) is 0 Å². The predicted octanol–water partition coefficient (Wildman–Crippen LogP) is 2.74. The summed E-state index contributed by atoms with van der Waals surface area (Å²) in [5.74, 6) is 0.0272. The van der Waals surface area contributed by atoms with Gasteiger partial charge in [-0.2, -0.15) is 0 Å². The van der Waals surface area contributed by atoms with Crippen LogP contribution in [0.3, 0.4) is 0 Å². The van der Waals surface area contributed by atoms with E-state index in [9.17, 15) is 4.79 Å². The number of hydrogen-bond donors (Lipinski definition) is 0. The fourth-order valence-electron chi connectivity index (χ4n) is 1.00. The highest BCUT2D eigenvalue weighted by molar-refractivity contribution is 7.12. The van der Waals surface area contributed by atoms with Crippen molar-refractivity contribution in [2.24, 2.45) is 0 Å². The first-order valence-corrected chi connectivity index (χ1v) is 5.53. The third-order valence-electron chi connectivity index (χ3n) is 1.60. The fraction of sp³-hybridized carbons (Fsp3) is 0.111. The number of thiazole rings is 1. The average molecular weight is 209 g/mol. The quantitative estimate of drug-likeness (QED) is 0.712. The van der Waals surface area contributed by atoms with Gasteiger partial charge in [-0.15, -0.1) is 22.7 Å². The maximum absolute atomic E-state index is 11.7. The van der Waals surface area contributed by atoms with E-state index in [1.54, 1.807) is 5.38 Å². The van der Waals surface area contributed by atoms with E-state index in [0.29, 0.717) is 5.69 Å². The lowest BCUT2D eigenvalue weighted by atomic mass is 10.3. The van der Waals surface area contributed by atoms with Gasteiger partial charge in [0.2, 0.25) is 5.78 Å². The molecule has 0 bridgehead atoms. The summed E-state index contributed by atoms with van der Waals surface area (Å²) >= 11 is 2.95. The van der Waals surface area contributed by atoms with Crippen LogP contribution in [-0.2, 0) is 0 Å². The topological polar surface area (TPSA) is 30.0 Å². The number of thiophene rings is 1. The minimum absolute atomic E-state index is 0.0272. The monoisotopic (exact) mass is 209 g/mol. The van der Waals surface area contributed by atoms with Gasteiger partial charge in [-0.25, -0.2) is 4.98 Å². The Bertz CT molecular complexity index is 417. The fourth-order valence-corrected chi connectivity index (χ4v) is 2.27. The number of carbonyl (C=O) groups excluding carboxylic acids is 1. The zero-order valence-electron chi connectivity index (χ0n) is 6.98. The second-order valence-electron chi connectivity index (χ2n) is 2.56. The Morgan fingerprint density at radius 3 is 2.85 bits per heavy atom. The highest BCUT2D eigenvalue weighted by Crippen LogP contribution is 2.16. The second-order valence-corrected chi connectivity index (χ2v) is 4.57. The minimum Gasteiger partial charge on any atom is -0.286 e. The normalized spacial score (nSPS) is 10.2. The van der Waals surface area contributed by atoms with E-state index in [1.807, 2.05) is 24.4 Å². The lowest BCUT2D eigenvalue weighted by molar-refractivity contribution is 0.103. The van der Waals surface area contributed by atoms with E-state index < -0.39 is 0 Å². The van der Waals surface area contributed by atoms with Crippen LogP contribution in [0, 0.1) is 6.92 Å². The Hall–Kier alpha value is -1.00. The first-order chi connectivity index (χ1) is 6.27. The third-order valence-corrected chi connectivity index (χ3v) is 3.24. The molecule has 2 rings (SSSR count). The molecule has 0 aromatic carbocycles. The molecule has 0 saturated heterocycles. The lowest BCUT2D eigenvalue weighted by Gasteiger charge is -1.89. The smallest absolute Gasteiger partial charge is 0.222 e. The Labute approximate surface area is 83.9 Å². The summed E-state index contributed by atoms with van der Waals surface area (Å²) in [6.07, 6.45) is 0. The van der Waals surface area contributed by atoms with E-state index in [2.05, 4.69) is 4.98 Å². The van der Waals surface area contributed by atoms with Crippen LogP contribution in [-0.4, -0.2) is 10.8 Å². The number of nitrogens with zero attached hydrogens (tertiary/aromatic N) is 1. The van der Waals surface area contributed by atoms with E-state index in [1.165, 1.54) is 22.7 Å². The maximum atomic E-state index is 11.7. The minimum atomic E-state index is 0.0272. The molecule has 13 heavy (non-hydrogen) atoms. The van der Waals surface area contributed by atoms with E-state index in [4.69, 9.17) is 0 Å². The van der Waals surface area contributed by atoms with Crippen LogP contribution in [0.2, 0.25) is 0 Å². The Balaban J connectivity index is 2.33. The molecule has 0 amide bonds. The van der Waals surface area contributed by atoms with E-state index in [0.717, 1.165) is 9.88 Å². The Kier molecular flexibility index (Phi) is 2.24. The summed E-state index contributed by atoms with van der Waals surface area (Å²) in [4.78, 5) is 16.6. The second kappa shape index (κ2) is 3.40. The van der Waals surface area contributed by atoms with Gasteiger partial charge in [-0.1, -0.05) is 6.07 Å². The van der Waals surface area contributed by atoms with Crippen molar-refractivity contribution in [3.8, 4) is 0 Å². The molecule has 0 unspecified atom stereocenters. The summed E-state index contributed by atoms with van der Waals surface area (Å²) in [5.41, 5.74) is 0.560. The van der Waals surface area contributed by atoms with Crippen LogP contribution in [0.1, 0.15) is 20.4 Å². The molecular weight excluding hydrogens is 202 g/mol. The zero-order chi connectivity index (χ0) is 9.26. The van der Waals surface area contributed by atoms with Crippen molar-refractivity contribution >= 4 is 28.5 Å². The van der Waals surface area contributed by atoms with Gasteiger partial charge in [-0.05, 0) is 18.4 Å².